The number of aromatic nitrogens is 3. The number of carbonyl (C=O) groups is 1. The fraction of sp³-hybridized carbons (Fsp3) is 0.409. The second kappa shape index (κ2) is 9.01. The molecular weight excluding hydrogens is 512 g/mol. The summed E-state index contributed by atoms with van der Waals surface area (Å²) in [5, 5.41) is 29.0. The zero-order chi connectivity index (χ0) is 26.6. The molecular formula is C22H25FN5O8P. The van der Waals surface area contributed by atoms with Crippen LogP contribution in [0, 0.1) is 0 Å². The normalized spacial score (nSPS) is 30.9. The van der Waals surface area contributed by atoms with Gasteiger partial charge in [0.05, 0.1) is 12.8 Å². The van der Waals surface area contributed by atoms with Gasteiger partial charge in [-0.2, -0.15) is 10.2 Å². The molecule has 3 aromatic rings. The van der Waals surface area contributed by atoms with Crippen LogP contribution in [0.2, 0.25) is 0 Å². The number of esters is 1. The van der Waals surface area contributed by atoms with Crippen molar-refractivity contribution in [1.82, 2.24) is 19.7 Å². The van der Waals surface area contributed by atoms with Gasteiger partial charge in [-0.3, -0.25) is 9.32 Å². The minimum atomic E-state index is -4.47. The zero-order valence-corrected chi connectivity index (χ0v) is 20.6. The van der Waals surface area contributed by atoms with E-state index >= 15 is 0 Å². The predicted octanol–water partition coefficient (Wildman–Crippen LogP) is 0.920. The monoisotopic (exact) mass is 537 g/mol. The van der Waals surface area contributed by atoms with Gasteiger partial charge in [0.25, 0.3) is 0 Å². The third-order valence-corrected chi connectivity index (χ3v) is 8.26. The van der Waals surface area contributed by atoms with Crippen molar-refractivity contribution in [1.29, 1.82) is 0 Å². The van der Waals surface area contributed by atoms with Crippen molar-refractivity contribution in [2.24, 2.45) is 0 Å². The molecule has 3 heterocycles. The van der Waals surface area contributed by atoms with Crippen LogP contribution in [0.1, 0.15) is 18.7 Å². The second-order valence-electron chi connectivity index (χ2n) is 8.79. The molecule has 2 aromatic heterocycles. The molecule has 198 valence electrons. The van der Waals surface area contributed by atoms with Gasteiger partial charge in [0, 0.05) is 0 Å². The van der Waals surface area contributed by atoms with Crippen LogP contribution in [-0.2, 0) is 23.4 Å². The van der Waals surface area contributed by atoms with E-state index in [0.29, 0.717) is 5.52 Å². The molecule has 15 heteroatoms. The van der Waals surface area contributed by atoms with Crippen LogP contribution in [0.5, 0.6) is 5.75 Å². The summed E-state index contributed by atoms with van der Waals surface area (Å²) in [6.07, 6.45) is -3.36. The van der Waals surface area contributed by atoms with Gasteiger partial charge in [0.1, 0.15) is 48.6 Å². The Kier molecular flexibility index (Phi) is 6.21. The summed E-state index contributed by atoms with van der Waals surface area (Å²) in [7, 11) is -3.33. The first-order chi connectivity index (χ1) is 17.6. The van der Waals surface area contributed by atoms with E-state index in [9.17, 15) is 24.0 Å². The van der Waals surface area contributed by atoms with E-state index in [2.05, 4.69) is 19.9 Å². The Morgan fingerprint density at radius 1 is 1.35 bits per heavy atom. The SMILES string of the molecule is COC(=O)[C@H](C)N[P@](=O)(Oc1ccccc1)OC1[C@@]2(CF)O[C@@H](c3ccc4c(N)ncnn34)[C@H](O)[C@@]12O. The van der Waals surface area contributed by atoms with Crippen LogP contribution in [0.15, 0.2) is 48.8 Å². The highest BCUT2D eigenvalue weighted by atomic mass is 31.2. The van der Waals surface area contributed by atoms with Gasteiger partial charge in [0.15, 0.2) is 17.0 Å². The fourth-order valence-corrected chi connectivity index (χ4v) is 6.40. The van der Waals surface area contributed by atoms with Crippen molar-refractivity contribution in [2.45, 2.75) is 42.5 Å². The van der Waals surface area contributed by atoms with Crippen LogP contribution in [-0.4, -0.2) is 74.0 Å². The number of nitrogens with two attached hydrogens (primary N) is 1. The molecule has 0 radical (unpaired) electrons. The van der Waals surface area contributed by atoms with E-state index in [1.54, 1.807) is 30.3 Å². The molecule has 1 saturated heterocycles. The zero-order valence-electron chi connectivity index (χ0n) is 19.7. The molecule has 1 aromatic carbocycles. The summed E-state index contributed by atoms with van der Waals surface area (Å²) in [5.74, 6) is -0.490. The van der Waals surface area contributed by atoms with Crippen molar-refractivity contribution in [3.05, 3.63) is 54.5 Å². The average Bonchev–Trinajstić information content (AvgIpc) is 3.15. The molecule has 5 N–H and O–H groups in total. The maximum absolute atomic E-state index is 14.5. The molecule has 37 heavy (non-hydrogen) atoms. The molecule has 7 atom stereocenters. The number of para-hydroxylation sites is 1. The van der Waals surface area contributed by atoms with Crippen molar-refractivity contribution < 1.29 is 42.5 Å². The lowest BCUT2D eigenvalue weighted by Crippen LogP contribution is -2.38. The first-order valence-corrected chi connectivity index (χ1v) is 12.8. The Labute approximate surface area is 209 Å². The second-order valence-corrected chi connectivity index (χ2v) is 10.4. The number of nitrogen functional groups attached to an aromatic ring is 1. The van der Waals surface area contributed by atoms with Gasteiger partial charge in [0.2, 0.25) is 0 Å². The lowest BCUT2D eigenvalue weighted by Gasteiger charge is -2.27. The van der Waals surface area contributed by atoms with Crippen LogP contribution < -0.4 is 15.3 Å². The van der Waals surface area contributed by atoms with Gasteiger partial charge in [-0.15, -0.1) is 0 Å². The molecule has 0 spiro atoms. The number of nitrogens with one attached hydrogen (secondary N) is 1. The summed E-state index contributed by atoms with van der Waals surface area (Å²) in [6.45, 7) is 0.0658. The first-order valence-electron chi connectivity index (χ1n) is 11.2. The number of aliphatic hydroxyl groups is 2. The maximum atomic E-state index is 14.5. The minimum absolute atomic E-state index is 0.110. The molecule has 1 aliphatic carbocycles. The van der Waals surface area contributed by atoms with Gasteiger partial charge < -0.3 is 29.9 Å². The Morgan fingerprint density at radius 2 is 2.08 bits per heavy atom. The average molecular weight is 537 g/mol. The number of carbonyl (C=O) groups excluding carboxylic acids is 1. The molecule has 2 aliphatic rings. The number of rotatable bonds is 9. The van der Waals surface area contributed by atoms with Crippen molar-refractivity contribution in [3.8, 4) is 5.75 Å². The lowest BCUT2D eigenvalue weighted by atomic mass is 10.0. The smallest absolute Gasteiger partial charge is 0.459 e. The van der Waals surface area contributed by atoms with Crippen LogP contribution >= 0.6 is 7.75 Å². The Morgan fingerprint density at radius 3 is 2.73 bits per heavy atom. The predicted molar refractivity (Wildman–Crippen MR) is 125 cm³/mol. The molecule has 0 bridgehead atoms. The highest BCUT2D eigenvalue weighted by Crippen LogP contribution is 2.68. The van der Waals surface area contributed by atoms with Gasteiger partial charge >= 0.3 is 13.7 Å². The third-order valence-electron chi connectivity index (χ3n) is 6.61. The van der Waals surface area contributed by atoms with E-state index < -0.39 is 55.9 Å². The number of ether oxygens (including phenoxy) is 2. The van der Waals surface area contributed by atoms with Crippen molar-refractivity contribution in [3.63, 3.8) is 0 Å². The number of benzene rings is 1. The Hall–Kier alpha value is -3.13. The standard InChI is InChI=1S/C22H25FN5O8P/c1-12(19(30)33-2)27-37(32,35-13-6-4-3-5-7-13)36-20-21(10-23)22(20,31)17(29)16(34-21)14-8-9-15-18(24)25-11-26-28(14)15/h3-9,11-12,16-17,20,29,31H,10H2,1-2H3,(H,27,32)(H2,24,25,26)/t12-,16-,17-,20?,21+,22+,37-/m0/s1. The maximum Gasteiger partial charge on any atom is 0.459 e. The van der Waals surface area contributed by atoms with Gasteiger partial charge in [-0.1, -0.05) is 18.2 Å². The molecule has 1 aliphatic heterocycles. The van der Waals surface area contributed by atoms with E-state index in [1.807, 2.05) is 0 Å². The molecule has 1 saturated carbocycles. The topological polar surface area (TPSA) is 180 Å². The number of methoxy groups -OCH3 is 1. The number of hydrogen-bond donors (Lipinski definition) is 4. The quantitative estimate of drug-likeness (QED) is 0.224. The Balaban J connectivity index is 1.44. The van der Waals surface area contributed by atoms with E-state index in [1.165, 1.54) is 29.9 Å². The summed E-state index contributed by atoms with van der Waals surface area (Å²) in [5.41, 5.74) is 2.17. The van der Waals surface area contributed by atoms with E-state index in [-0.39, 0.29) is 17.3 Å². The number of hydrogen-bond acceptors (Lipinski definition) is 11. The minimum Gasteiger partial charge on any atom is -0.468 e. The van der Waals surface area contributed by atoms with Crippen LogP contribution in [0.4, 0.5) is 10.2 Å². The van der Waals surface area contributed by atoms with Gasteiger partial charge in [-0.25, -0.2) is 18.5 Å². The lowest BCUT2D eigenvalue weighted by molar-refractivity contribution is -0.142. The molecule has 1 unspecified atom stereocenters. The number of aliphatic hydroxyl groups excluding tert-OH is 1. The summed E-state index contributed by atoms with van der Waals surface area (Å²) in [4.78, 5) is 15.9. The van der Waals surface area contributed by atoms with Gasteiger partial charge in [-0.05, 0) is 31.2 Å². The van der Waals surface area contributed by atoms with Crippen molar-refractivity contribution in [2.75, 3.05) is 19.5 Å². The number of alkyl halides is 1. The number of halogens is 1. The third kappa shape index (κ3) is 3.88. The van der Waals surface area contributed by atoms with Crippen LogP contribution in [0.25, 0.3) is 5.52 Å². The molecule has 5 rings (SSSR count). The molecule has 0 amide bonds. The highest BCUT2D eigenvalue weighted by molar-refractivity contribution is 7.52. The van der Waals surface area contributed by atoms with Crippen LogP contribution in [0.3, 0.4) is 0 Å². The number of anilines is 1. The summed E-state index contributed by atoms with van der Waals surface area (Å²) in [6, 6.07) is 9.87. The van der Waals surface area contributed by atoms with E-state index in [0.717, 1.165) is 7.11 Å². The van der Waals surface area contributed by atoms with E-state index in [4.69, 9.17) is 19.5 Å². The highest BCUT2D eigenvalue weighted by Gasteiger charge is 2.89. The molecule has 13 nitrogen and oxygen atoms in total. The first kappa shape index (κ1) is 25.5. The molecule has 2 fully saturated rings. The fourth-order valence-electron chi connectivity index (χ4n) is 4.65. The summed E-state index contributed by atoms with van der Waals surface area (Å²) < 4.78 is 51.2. The number of fused-ring (bicyclic) bond motifs is 2. The summed E-state index contributed by atoms with van der Waals surface area (Å²) >= 11 is 0. The Bertz CT molecular complexity index is 1370. The largest absolute Gasteiger partial charge is 0.468 e. The van der Waals surface area contributed by atoms with Crippen molar-refractivity contribution >= 4 is 25.1 Å². The number of nitrogens with zero attached hydrogens (tertiary/aromatic N) is 3.